The monoisotopic (exact) mass is 411 g/mol. The molecular formula is C22H27N4O2S+. The Balaban J connectivity index is 1.38. The zero-order valence-electron chi connectivity index (χ0n) is 16.4. The maximum atomic E-state index is 6.22. The van der Waals surface area contributed by atoms with Gasteiger partial charge in [0.15, 0.2) is 5.11 Å². The van der Waals surface area contributed by atoms with Crippen molar-refractivity contribution in [1.82, 2.24) is 10.7 Å². The van der Waals surface area contributed by atoms with E-state index in [4.69, 9.17) is 21.7 Å². The molecule has 0 spiro atoms. The molecule has 1 saturated heterocycles. The van der Waals surface area contributed by atoms with Gasteiger partial charge in [-0.3, -0.25) is 5.43 Å². The number of fused-ring (bicyclic) bond motifs is 1. The molecule has 0 aromatic heterocycles. The Morgan fingerprint density at radius 2 is 1.83 bits per heavy atom. The third-order valence-electron chi connectivity index (χ3n) is 5.27. The maximum Gasteiger partial charge on any atom is 0.187 e. The van der Waals surface area contributed by atoms with Crippen LogP contribution in [-0.4, -0.2) is 50.2 Å². The zero-order valence-corrected chi connectivity index (χ0v) is 17.2. The normalized spacial score (nSPS) is 20.6. The summed E-state index contributed by atoms with van der Waals surface area (Å²) in [5, 5.41) is 8.43. The van der Waals surface area contributed by atoms with Crippen molar-refractivity contribution in [1.29, 1.82) is 0 Å². The molecule has 2 aromatic rings. The first kappa shape index (κ1) is 19.8. The van der Waals surface area contributed by atoms with E-state index >= 15 is 0 Å². The lowest BCUT2D eigenvalue weighted by Gasteiger charge is -2.27. The summed E-state index contributed by atoms with van der Waals surface area (Å²) in [5.41, 5.74) is 6.12. The molecule has 6 nitrogen and oxygen atoms in total. The van der Waals surface area contributed by atoms with E-state index in [1.165, 1.54) is 0 Å². The van der Waals surface area contributed by atoms with Gasteiger partial charge in [-0.1, -0.05) is 42.5 Å². The summed E-state index contributed by atoms with van der Waals surface area (Å²) in [6.45, 7) is 5.64. The van der Waals surface area contributed by atoms with Crippen LogP contribution in [0.4, 0.5) is 0 Å². The van der Waals surface area contributed by atoms with E-state index in [0.29, 0.717) is 11.5 Å². The lowest BCUT2D eigenvalue weighted by molar-refractivity contribution is -0.906. The second kappa shape index (κ2) is 9.82. The van der Waals surface area contributed by atoms with Gasteiger partial charge in [-0.25, -0.2) is 0 Å². The first-order chi connectivity index (χ1) is 14.3. The Labute approximate surface area is 176 Å². The Morgan fingerprint density at radius 1 is 1.07 bits per heavy atom. The highest BCUT2D eigenvalue weighted by Crippen LogP contribution is 2.34. The Hall–Kier alpha value is -2.48. The summed E-state index contributed by atoms with van der Waals surface area (Å²) in [4.78, 5) is 1.54. The van der Waals surface area contributed by atoms with Crippen molar-refractivity contribution in [2.24, 2.45) is 5.10 Å². The third kappa shape index (κ3) is 5.32. The van der Waals surface area contributed by atoms with Gasteiger partial charge in [-0.15, -0.1) is 0 Å². The summed E-state index contributed by atoms with van der Waals surface area (Å²) in [7, 11) is 0. The molecule has 1 atom stereocenters. The molecule has 3 N–H and O–H groups in total. The van der Waals surface area contributed by atoms with Crippen LogP contribution in [-0.2, 0) is 4.74 Å². The van der Waals surface area contributed by atoms with Crippen LogP contribution in [0.2, 0.25) is 0 Å². The summed E-state index contributed by atoms with van der Waals surface area (Å²) >= 11 is 5.42. The fourth-order valence-electron chi connectivity index (χ4n) is 3.67. The minimum absolute atomic E-state index is 0.0573. The van der Waals surface area contributed by atoms with Crippen LogP contribution in [0.15, 0.2) is 59.7 Å². The molecule has 2 heterocycles. The average Bonchev–Trinajstić information content (AvgIpc) is 2.78. The summed E-state index contributed by atoms with van der Waals surface area (Å²) in [5.74, 6) is 0.850. The molecule has 2 aliphatic rings. The SMILES string of the molecule is S=C(NCC[NH+]1CCOCC1)N/N=C1/C[C@H](c2ccccc2)Oc2ccccc21. The first-order valence-corrected chi connectivity index (χ1v) is 10.5. The third-order valence-corrected chi connectivity index (χ3v) is 5.51. The zero-order chi connectivity index (χ0) is 19.9. The molecule has 4 rings (SSSR count). The Bertz CT molecular complexity index is 853. The highest BCUT2D eigenvalue weighted by molar-refractivity contribution is 7.80. The van der Waals surface area contributed by atoms with Crippen LogP contribution in [0.5, 0.6) is 5.75 Å². The molecule has 152 valence electrons. The van der Waals surface area contributed by atoms with E-state index in [0.717, 1.165) is 62.0 Å². The van der Waals surface area contributed by atoms with Crippen LogP contribution >= 0.6 is 12.2 Å². The molecule has 2 aliphatic heterocycles. The van der Waals surface area contributed by atoms with Gasteiger partial charge in [0.05, 0.1) is 32.0 Å². The average molecular weight is 412 g/mol. The van der Waals surface area contributed by atoms with Crippen molar-refractivity contribution in [2.45, 2.75) is 12.5 Å². The van der Waals surface area contributed by atoms with Crippen molar-refractivity contribution in [3.63, 3.8) is 0 Å². The molecule has 29 heavy (non-hydrogen) atoms. The van der Waals surface area contributed by atoms with Crippen molar-refractivity contribution < 1.29 is 14.4 Å². The van der Waals surface area contributed by atoms with E-state index in [2.05, 4.69) is 28.0 Å². The quantitative estimate of drug-likeness (QED) is 0.511. The molecular weight excluding hydrogens is 384 g/mol. The van der Waals surface area contributed by atoms with Gasteiger partial charge in [-0.05, 0) is 29.9 Å². The molecule has 0 aliphatic carbocycles. The number of nitrogens with zero attached hydrogens (tertiary/aromatic N) is 1. The van der Waals surface area contributed by atoms with E-state index in [1.54, 1.807) is 4.90 Å². The van der Waals surface area contributed by atoms with Crippen molar-refractivity contribution in [3.05, 3.63) is 65.7 Å². The molecule has 0 radical (unpaired) electrons. The molecule has 0 saturated carbocycles. The van der Waals surface area contributed by atoms with E-state index in [-0.39, 0.29) is 6.10 Å². The number of rotatable bonds is 5. The van der Waals surface area contributed by atoms with Crippen LogP contribution in [0.1, 0.15) is 23.7 Å². The van der Waals surface area contributed by atoms with E-state index < -0.39 is 0 Å². The number of quaternary nitrogens is 1. The van der Waals surface area contributed by atoms with Gasteiger partial charge in [0.1, 0.15) is 24.9 Å². The van der Waals surface area contributed by atoms with Gasteiger partial charge >= 0.3 is 0 Å². The number of benzene rings is 2. The number of nitrogens with one attached hydrogen (secondary N) is 3. The van der Waals surface area contributed by atoms with E-state index in [9.17, 15) is 0 Å². The summed E-state index contributed by atoms with van der Waals surface area (Å²) < 4.78 is 11.6. The second-order valence-electron chi connectivity index (χ2n) is 7.26. The Kier molecular flexibility index (Phi) is 6.71. The highest BCUT2D eigenvalue weighted by atomic mass is 32.1. The number of hydrogen-bond donors (Lipinski definition) is 3. The number of ether oxygens (including phenoxy) is 2. The molecule has 2 aromatic carbocycles. The van der Waals surface area contributed by atoms with Crippen LogP contribution < -0.4 is 20.4 Å². The van der Waals surface area contributed by atoms with Crippen LogP contribution in [0, 0.1) is 0 Å². The van der Waals surface area contributed by atoms with Crippen LogP contribution in [0.3, 0.4) is 0 Å². The smallest absolute Gasteiger partial charge is 0.187 e. The predicted octanol–water partition coefficient (Wildman–Crippen LogP) is 1.29. The molecule has 0 unspecified atom stereocenters. The topological polar surface area (TPSA) is 59.3 Å². The number of para-hydroxylation sites is 1. The number of hydrogen-bond acceptors (Lipinski definition) is 4. The van der Waals surface area contributed by atoms with Crippen molar-refractivity contribution in [3.8, 4) is 5.75 Å². The molecule has 1 fully saturated rings. The van der Waals surface area contributed by atoms with Crippen molar-refractivity contribution >= 4 is 23.0 Å². The highest BCUT2D eigenvalue weighted by Gasteiger charge is 2.26. The van der Waals surface area contributed by atoms with Gasteiger partial charge < -0.3 is 19.7 Å². The van der Waals surface area contributed by atoms with Gasteiger partial charge in [0.25, 0.3) is 0 Å². The number of hydrazone groups is 1. The summed E-state index contributed by atoms with van der Waals surface area (Å²) in [6.07, 6.45) is 0.632. The fraction of sp³-hybridized carbons (Fsp3) is 0.364. The van der Waals surface area contributed by atoms with Gasteiger partial charge in [0, 0.05) is 12.0 Å². The predicted molar refractivity (Wildman–Crippen MR) is 118 cm³/mol. The lowest BCUT2D eigenvalue weighted by Crippen LogP contribution is -3.14. The molecule has 0 bridgehead atoms. The minimum atomic E-state index is -0.0573. The van der Waals surface area contributed by atoms with E-state index in [1.807, 2.05) is 42.5 Å². The second-order valence-corrected chi connectivity index (χ2v) is 7.66. The standard InChI is InChI=1S/C22H26N4O2S/c29-22(23-10-11-26-12-14-27-15-13-26)25-24-19-16-21(17-6-2-1-3-7-17)28-20-9-5-4-8-18(19)20/h1-9,21H,10-16H2,(H2,23,25,29)/p+1/b24-19-/t21-/m1/s1. The maximum absolute atomic E-state index is 6.22. The Morgan fingerprint density at radius 3 is 2.66 bits per heavy atom. The van der Waals surface area contributed by atoms with Gasteiger partial charge in [0.2, 0.25) is 0 Å². The van der Waals surface area contributed by atoms with Crippen LogP contribution in [0.25, 0.3) is 0 Å². The lowest BCUT2D eigenvalue weighted by atomic mass is 9.96. The number of morpholine rings is 1. The van der Waals surface area contributed by atoms with Crippen molar-refractivity contribution in [2.75, 3.05) is 39.4 Å². The van der Waals surface area contributed by atoms with Gasteiger partial charge in [-0.2, -0.15) is 5.10 Å². The number of thiocarbonyl (C=S) groups is 1. The molecule has 0 amide bonds. The molecule has 7 heteroatoms. The first-order valence-electron chi connectivity index (χ1n) is 10.1. The fourth-order valence-corrected chi connectivity index (χ4v) is 3.82. The largest absolute Gasteiger partial charge is 0.485 e. The minimum Gasteiger partial charge on any atom is -0.485 e. The summed E-state index contributed by atoms with van der Waals surface area (Å²) in [6, 6.07) is 18.3.